The molecule has 7 heteroatoms. The van der Waals surface area contributed by atoms with Crippen molar-refractivity contribution in [3.8, 4) is 0 Å². The Morgan fingerprint density at radius 1 is 1.24 bits per heavy atom. The van der Waals surface area contributed by atoms with Crippen molar-refractivity contribution >= 4 is 22.4 Å². The maximum absolute atomic E-state index is 12.7. The molecule has 0 radical (unpaired) electrons. The van der Waals surface area contributed by atoms with Gasteiger partial charge in [-0.3, -0.25) is 4.79 Å². The SMILES string of the molecule is O=C(CC1(n2cccc2)CCCCC1)Nc1nnc(C2CCCO2)s1. The van der Waals surface area contributed by atoms with Gasteiger partial charge in [0.25, 0.3) is 0 Å². The predicted octanol–water partition coefficient (Wildman–Crippen LogP) is 3.88. The lowest BCUT2D eigenvalue weighted by Crippen LogP contribution is -2.38. The Kier molecular flexibility index (Phi) is 4.85. The highest BCUT2D eigenvalue weighted by atomic mass is 32.1. The lowest BCUT2D eigenvalue weighted by molar-refractivity contribution is -0.118. The van der Waals surface area contributed by atoms with E-state index in [1.165, 1.54) is 30.6 Å². The van der Waals surface area contributed by atoms with E-state index in [0.717, 1.165) is 37.3 Å². The fourth-order valence-electron chi connectivity index (χ4n) is 4.04. The van der Waals surface area contributed by atoms with Crippen LogP contribution in [0.25, 0.3) is 0 Å². The van der Waals surface area contributed by atoms with Gasteiger partial charge in [-0.25, -0.2) is 0 Å². The normalized spacial score (nSPS) is 22.8. The van der Waals surface area contributed by atoms with Crippen molar-refractivity contribution in [1.82, 2.24) is 14.8 Å². The van der Waals surface area contributed by atoms with Gasteiger partial charge in [0.2, 0.25) is 11.0 Å². The minimum atomic E-state index is -0.103. The van der Waals surface area contributed by atoms with E-state index in [2.05, 4.69) is 32.5 Å². The summed E-state index contributed by atoms with van der Waals surface area (Å²) >= 11 is 1.43. The van der Waals surface area contributed by atoms with Crippen molar-refractivity contribution in [3.63, 3.8) is 0 Å². The summed E-state index contributed by atoms with van der Waals surface area (Å²) in [6.07, 6.45) is 12.4. The molecule has 0 bridgehead atoms. The number of hydrogen-bond donors (Lipinski definition) is 1. The Morgan fingerprint density at radius 2 is 2.04 bits per heavy atom. The second-order valence-electron chi connectivity index (χ2n) is 7.05. The molecule has 1 aliphatic heterocycles. The zero-order chi connectivity index (χ0) is 17.1. The third-order valence-corrected chi connectivity index (χ3v) is 6.25. The van der Waals surface area contributed by atoms with E-state index in [-0.39, 0.29) is 17.6 Å². The molecular weight excluding hydrogens is 336 g/mol. The Hall–Kier alpha value is -1.73. The van der Waals surface area contributed by atoms with Gasteiger partial charge < -0.3 is 14.6 Å². The molecule has 2 aromatic heterocycles. The van der Waals surface area contributed by atoms with Crippen LogP contribution in [0.2, 0.25) is 0 Å². The average molecular weight is 360 g/mol. The third kappa shape index (κ3) is 3.62. The molecule has 2 fully saturated rings. The van der Waals surface area contributed by atoms with Crippen LogP contribution in [0, 0.1) is 0 Å². The van der Waals surface area contributed by atoms with Crippen LogP contribution in [0.5, 0.6) is 0 Å². The summed E-state index contributed by atoms with van der Waals surface area (Å²) in [5.74, 6) is 0.0191. The van der Waals surface area contributed by atoms with Crippen molar-refractivity contribution in [3.05, 3.63) is 29.5 Å². The number of carbonyl (C=O) groups excluding carboxylic acids is 1. The van der Waals surface area contributed by atoms with Crippen LogP contribution >= 0.6 is 11.3 Å². The number of carbonyl (C=O) groups is 1. The zero-order valence-electron chi connectivity index (χ0n) is 14.3. The molecular formula is C18H24N4O2S. The number of amides is 1. The number of aromatic nitrogens is 3. The van der Waals surface area contributed by atoms with E-state index in [1.54, 1.807) is 0 Å². The van der Waals surface area contributed by atoms with Crippen LogP contribution in [0.3, 0.4) is 0 Å². The maximum atomic E-state index is 12.7. The monoisotopic (exact) mass is 360 g/mol. The largest absolute Gasteiger partial charge is 0.371 e. The fourth-order valence-corrected chi connectivity index (χ4v) is 4.88. The van der Waals surface area contributed by atoms with Gasteiger partial charge >= 0.3 is 0 Å². The minimum Gasteiger partial charge on any atom is -0.371 e. The summed E-state index contributed by atoms with van der Waals surface area (Å²) in [7, 11) is 0. The van der Waals surface area contributed by atoms with Crippen molar-refractivity contribution < 1.29 is 9.53 Å². The first kappa shape index (κ1) is 16.7. The van der Waals surface area contributed by atoms with E-state index < -0.39 is 0 Å². The van der Waals surface area contributed by atoms with Gasteiger partial charge in [-0.05, 0) is 37.8 Å². The maximum Gasteiger partial charge on any atom is 0.228 e. The lowest BCUT2D eigenvalue weighted by Gasteiger charge is -2.38. The molecule has 0 aromatic carbocycles. The van der Waals surface area contributed by atoms with Crippen LogP contribution in [0.1, 0.15) is 62.5 Å². The lowest BCUT2D eigenvalue weighted by atomic mass is 9.79. The van der Waals surface area contributed by atoms with Crippen LogP contribution in [-0.4, -0.2) is 27.3 Å². The van der Waals surface area contributed by atoms with Crippen molar-refractivity contribution in [1.29, 1.82) is 0 Å². The van der Waals surface area contributed by atoms with E-state index in [1.807, 2.05) is 12.1 Å². The quantitative estimate of drug-likeness (QED) is 0.878. The van der Waals surface area contributed by atoms with Gasteiger partial charge in [-0.15, -0.1) is 10.2 Å². The molecule has 2 aliphatic rings. The number of nitrogens with zero attached hydrogens (tertiary/aromatic N) is 3. The Morgan fingerprint density at radius 3 is 2.76 bits per heavy atom. The summed E-state index contributed by atoms with van der Waals surface area (Å²) in [6.45, 7) is 0.783. The van der Waals surface area contributed by atoms with Gasteiger partial charge in [0.05, 0.1) is 12.0 Å². The molecule has 3 heterocycles. The van der Waals surface area contributed by atoms with Gasteiger partial charge in [-0.1, -0.05) is 30.6 Å². The molecule has 6 nitrogen and oxygen atoms in total. The molecule has 134 valence electrons. The first-order chi connectivity index (χ1) is 12.3. The molecule has 1 saturated carbocycles. The molecule has 1 N–H and O–H groups in total. The van der Waals surface area contributed by atoms with Crippen molar-refractivity contribution in [2.24, 2.45) is 0 Å². The number of hydrogen-bond acceptors (Lipinski definition) is 5. The highest BCUT2D eigenvalue weighted by Gasteiger charge is 2.35. The van der Waals surface area contributed by atoms with Gasteiger partial charge in [0.1, 0.15) is 11.1 Å². The standard InChI is InChI=1S/C18H24N4O2S/c23-15(19-17-21-20-16(25-17)14-7-6-12-24-14)13-18(8-2-1-3-9-18)22-10-4-5-11-22/h4-5,10-11,14H,1-3,6-9,12-13H2,(H,19,21,23). The number of anilines is 1. The molecule has 1 unspecified atom stereocenters. The van der Waals surface area contributed by atoms with E-state index in [4.69, 9.17) is 4.74 Å². The van der Waals surface area contributed by atoms with Crippen molar-refractivity contribution in [2.45, 2.75) is 63.0 Å². The van der Waals surface area contributed by atoms with Gasteiger partial charge in [-0.2, -0.15) is 0 Å². The third-order valence-electron chi connectivity index (χ3n) is 5.32. The first-order valence-corrected chi connectivity index (χ1v) is 9.95. The van der Waals surface area contributed by atoms with E-state index in [9.17, 15) is 4.79 Å². The molecule has 2 aromatic rings. The Bertz CT molecular complexity index is 700. The summed E-state index contributed by atoms with van der Waals surface area (Å²) in [4.78, 5) is 12.7. The summed E-state index contributed by atoms with van der Waals surface area (Å²) < 4.78 is 7.86. The molecule has 25 heavy (non-hydrogen) atoms. The highest BCUT2D eigenvalue weighted by molar-refractivity contribution is 7.15. The summed E-state index contributed by atoms with van der Waals surface area (Å²) in [5.41, 5.74) is -0.103. The molecule has 1 saturated heterocycles. The average Bonchev–Trinajstić information content (AvgIpc) is 3.37. The number of nitrogens with one attached hydrogen (secondary N) is 1. The number of ether oxygens (including phenoxy) is 1. The molecule has 1 amide bonds. The second kappa shape index (κ2) is 7.25. The number of rotatable bonds is 5. The highest BCUT2D eigenvalue weighted by Crippen LogP contribution is 2.38. The van der Waals surface area contributed by atoms with Crippen LogP contribution in [0.15, 0.2) is 24.5 Å². The Balaban J connectivity index is 1.43. The smallest absolute Gasteiger partial charge is 0.228 e. The van der Waals surface area contributed by atoms with Crippen LogP contribution < -0.4 is 5.32 Å². The topological polar surface area (TPSA) is 69.0 Å². The van der Waals surface area contributed by atoms with Crippen LogP contribution in [-0.2, 0) is 15.1 Å². The van der Waals surface area contributed by atoms with Gasteiger partial charge in [0, 0.05) is 19.0 Å². The second-order valence-corrected chi connectivity index (χ2v) is 8.06. The molecule has 1 atom stereocenters. The summed E-state index contributed by atoms with van der Waals surface area (Å²) in [6, 6.07) is 4.07. The van der Waals surface area contributed by atoms with E-state index in [0.29, 0.717) is 11.6 Å². The first-order valence-electron chi connectivity index (χ1n) is 9.14. The molecule has 1 aliphatic carbocycles. The Labute approximate surface area is 151 Å². The predicted molar refractivity (Wildman–Crippen MR) is 96.6 cm³/mol. The van der Waals surface area contributed by atoms with Crippen molar-refractivity contribution in [2.75, 3.05) is 11.9 Å². The zero-order valence-corrected chi connectivity index (χ0v) is 15.1. The minimum absolute atomic E-state index is 0.0191. The van der Waals surface area contributed by atoms with E-state index >= 15 is 0 Å². The summed E-state index contributed by atoms with van der Waals surface area (Å²) in [5, 5.41) is 12.7. The molecule has 0 spiro atoms. The van der Waals surface area contributed by atoms with Gasteiger partial charge in [0.15, 0.2) is 0 Å². The molecule has 4 rings (SSSR count). The van der Waals surface area contributed by atoms with Crippen LogP contribution in [0.4, 0.5) is 5.13 Å². The fraction of sp³-hybridized carbons (Fsp3) is 0.611.